The molecule has 0 saturated carbocycles. The van der Waals surface area contributed by atoms with Crippen molar-refractivity contribution in [3.8, 4) is 0 Å². The van der Waals surface area contributed by atoms with E-state index in [-0.39, 0.29) is 0 Å². The van der Waals surface area contributed by atoms with Crippen LogP contribution in [0.25, 0.3) is 0 Å². The van der Waals surface area contributed by atoms with Crippen molar-refractivity contribution in [2.75, 3.05) is 13.6 Å². The van der Waals surface area contributed by atoms with Crippen molar-refractivity contribution in [1.29, 1.82) is 0 Å². The monoisotopic (exact) mass is 381 g/mol. The van der Waals surface area contributed by atoms with E-state index in [0.29, 0.717) is 0 Å². The minimum atomic E-state index is 0.721. The molecule has 5 nitrogen and oxygen atoms in total. The second-order valence-electron chi connectivity index (χ2n) is 6.28. The molecule has 0 radical (unpaired) electrons. The standard InChI is InChI=1S/C21H24ClN5/c1-23-21(25-10-9-17-5-7-20(22)8-6-17)26-14-18-3-2-4-19(13-18)15-27-12-11-24-16-27/h2-8,11-13,16H,9-10,14-15H2,1H3,(H2,23,25,26). The lowest BCUT2D eigenvalue weighted by Gasteiger charge is -2.13. The van der Waals surface area contributed by atoms with Gasteiger partial charge in [-0.1, -0.05) is 48.0 Å². The number of hydrogen-bond donors (Lipinski definition) is 2. The Morgan fingerprint density at radius 3 is 2.63 bits per heavy atom. The van der Waals surface area contributed by atoms with Crippen molar-refractivity contribution in [1.82, 2.24) is 20.2 Å². The van der Waals surface area contributed by atoms with Gasteiger partial charge in [0.15, 0.2) is 5.96 Å². The third-order valence-corrected chi connectivity index (χ3v) is 4.47. The Morgan fingerprint density at radius 2 is 1.89 bits per heavy atom. The zero-order chi connectivity index (χ0) is 18.9. The van der Waals surface area contributed by atoms with E-state index in [1.165, 1.54) is 16.7 Å². The Labute approximate surface area is 165 Å². The van der Waals surface area contributed by atoms with Crippen LogP contribution in [-0.2, 0) is 19.5 Å². The lowest BCUT2D eigenvalue weighted by molar-refractivity contribution is 0.783. The fourth-order valence-electron chi connectivity index (χ4n) is 2.81. The number of benzene rings is 2. The van der Waals surface area contributed by atoms with Crippen LogP contribution in [0.2, 0.25) is 5.02 Å². The van der Waals surface area contributed by atoms with E-state index >= 15 is 0 Å². The van der Waals surface area contributed by atoms with Gasteiger partial charge in [0.05, 0.1) is 6.33 Å². The molecule has 0 bridgehead atoms. The summed E-state index contributed by atoms with van der Waals surface area (Å²) in [5, 5.41) is 7.48. The number of aliphatic imine (C=N–C) groups is 1. The van der Waals surface area contributed by atoms with Gasteiger partial charge < -0.3 is 15.2 Å². The molecule has 6 heteroatoms. The Balaban J connectivity index is 1.46. The van der Waals surface area contributed by atoms with Gasteiger partial charge in [0, 0.05) is 44.1 Å². The SMILES string of the molecule is CN=C(NCCc1ccc(Cl)cc1)NCc1cccc(Cn2ccnc2)c1. The first-order chi connectivity index (χ1) is 13.2. The molecule has 0 aliphatic carbocycles. The predicted molar refractivity (Wildman–Crippen MR) is 111 cm³/mol. The minimum Gasteiger partial charge on any atom is -0.356 e. The van der Waals surface area contributed by atoms with Crippen LogP contribution in [0.4, 0.5) is 0 Å². The molecule has 0 fully saturated rings. The highest BCUT2D eigenvalue weighted by molar-refractivity contribution is 6.30. The van der Waals surface area contributed by atoms with Gasteiger partial charge in [-0.25, -0.2) is 4.98 Å². The number of nitrogens with one attached hydrogen (secondary N) is 2. The summed E-state index contributed by atoms with van der Waals surface area (Å²) in [5.74, 6) is 0.795. The molecule has 1 aromatic heterocycles. The Kier molecular flexibility index (Phi) is 6.88. The zero-order valence-electron chi connectivity index (χ0n) is 15.4. The maximum absolute atomic E-state index is 5.92. The summed E-state index contributed by atoms with van der Waals surface area (Å²) in [6.07, 6.45) is 6.51. The number of rotatable bonds is 7. The third-order valence-electron chi connectivity index (χ3n) is 4.22. The lowest BCUT2D eigenvalue weighted by atomic mass is 10.1. The molecule has 140 valence electrons. The van der Waals surface area contributed by atoms with Crippen LogP contribution >= 0.6 is 11.6 Å². The molecule has 0 aliphatic rings. The quantitative estimate of drug-likeness (QED) is 0.486. The van der Waals surface area contributed by atoms with Gasteiger partial charge >= 0.3 is 0 Å². The fraction of sp³-hybridized carbons (Fsp3) is 0.238. The molecule has 1 heterocycles. The van der Waals surface area contributed by atoms with Gasteiger partial charge in [0.2, 0.25) is 0 Å². The molecule has 27 heavy (non-hydrogen) atoms. The first-order valence-electron chi connectivity index (χ1n) is 8.95. The summed E-state index contributed by atoms with van der Waals surface area (Å²) in [4.78, 5) is 8.38. The molecule has 0 amide bonds. The Morgan fingerprint density at radius 1 is 1.07 bits per heavy atom. The first-order valence-corrected chi connectivity index (χ1v) is 9.33. The van der Waals surface area contributed by atoms with Gasteiger partial charge in [-0.2, -0.15) is 0 Å². The molecular weight excluding hydrogens is 358 g/mol. The van der Waals surface area contributed by atoms with Crippen molar-refractivity contribution >= 4 is 17.6 Å². The van der Waals surface area contributed by atoms with Gasteiger partial charge in [-0.15, -0.1) is 0 Å². The Hall–Kier alpha value is -2.79. The normalized spacial score (nSPS) is 11.4. The minimum absolute atomic E-state index is 0.721. The maximum atomic E-state index is 5.92. The summed E-state index contributed by atoms with van der Waals surface area (Å²) in [6.45, 7) is 2.35. The topological polar surface area (TPSA) is 54.2 Å². The smallest absolute Gasteiger partial charge is 0.191 e. The highest BCUT2D eigenvalue weighted by Gasteiger charge is 2.01. The van der Waals surface area contributed by atoms with Gasteiger partial charge in [0.25, 0.3) is 0 Å². The average Bonchev–Trinajstić information content (AvgIpc) is 3.19. The summed E-state index contributed by atoms with van der Waals surface area (Å²) >= 11 is 5.92. The molecule has 0 atom stereocenters. The summed E-state index contributed by atoms with van der Waals surface area (Å²) in [5.41, 5.74) is 3.71. The second-order valence-corrected chi connectivity index (χ2v) is 6.72. The van der Waals surface area contributed by atoms with Crippen LogP contribution in [0.15, 0.2) is 72.2 Å². The molecule has 0 unspecified atom stereocenters. The molecule has 2 N–H and O–H groups in total. The number of halogens is 1. The molecule has 0 spiro atoms. The fourth-order valence-corrected chi connectivity index (χ4v) is 2.94. The van der Waals surface area contributed by atoms with E-state index in [4.69, 9.17) is 11.6 Å². The molecule has 3 aromatic rings. The van der Waals surface area contributed by atoms with Crippen molar-refractivity contribution < 1.29 is 0 Å². The lowest BCUT2D eigenvalue weighted by Crippen LogP contribution is -2.37. The van der Waals surface area contributed by atoms with Crippen molar-refractivity contribution in [2.24, 2.45) is 4.99 Å². The summed E-state index contributed by atoms with van der Waals surface area (Å²) in [7, 11) is 1.78. The van der Waals surface area contributed by atoms with Crippen LogP contribution in [0.1, 0.15) is 16.7 Å². The van der Waals surface area contributed by atoms with E-state index in [0.717, 1.165) is 37.0 Å². The van der Waals surface area contributed by atoms with Gasteiger partial charge in [-0.3, -0.25) is 4.99 Å². The van der Waals surface area contributed by atoms with Crippen LogP contribution in [0.3, 0.4) is 0 Å². The highest BCUT2D eigenvalue weighted by Crippen LogP contribution is 2.09. The molecular formula is C21H24ClN5. The largest absolute Gasteiger partial charge is 0.356 e. The molecule has 3 rings (SSSR count). The number of guanidine groups is 1. The number of aromatic nitrogens is 2. The average molecular weight is 382 g/mol. The second kappa shape index (κ2) is 9.78. The van der Waals surface area contributed by atoms with E-state index in [2.05, 4.69) is 49.4 Å². The number of imidazole rings is 1. The number of nitrogens with zero attached hydrogens (tertiary/aromatic N) is 3. The Bertz CT molecular complexity index is 857. The zero-order valence-corrected chi connectivity index (χ0v) is 16.2. The van der Waals surface area contributed by atoms with Crippen molar-refractivity contribution in [3.05, 3.63) is 89.0 Å². The van der Waals surface area contributed by atoms with Crippen LogP contribution in [0.5, 0.6) is 0 Å². The maximum Gasteiger partial charge on any atom is 0.191 e. The first kappa shape index (κ1) is 19.0. The van der Waals surface area contributed by atoms with Gasteiger partial charge in [-0.05, 0) is 35.2 Å². The van der Waals surface area contributed by atoms with Crippen molar-refractivity contribution in [2.45, 2.75) is 19.5 Å². The summed E-state index contributed by atoms with van der Waals surface area (Å²) in [6, 6.07) is 16.5. The summed E-state index contributed by atoms with van der Waals surface area (Å²) < 4.78 is 2.06. The van der Waals surface area contributed by atoms with E-state index in [1.807, 2.05) is 36.8 Å². The van der Waals surface area contributed by atoms with Crippen LogP contribution in [-0.4, -0.2) is 29.1 Å². The molecule has 0 saturated heterocycles. The van der Waals surface area contributed by atoms with E-state index < -0.39 is 0 Å². The third kappa shape index (κ3) is 6.15. The van der Waals surface area contributed by atoms with E-state index in [1.54, 1.807) is 13.2 Å². The van der Waals surface area contributed by atoms with Gasteiger partial charge in [0.1, 0.15) is 0 Å². The van der Waals surface area contributed by atoms with E-state index in [9.17, 15) is 0 Å². The predicted octanol–water partition coefficient (Wildman–Crippen LogP) is 3.49. The van der Waals surface area contributed by atoms with Crippen LogP contribution in [0, 0.1) is 0 Å². The molecule has 0 aliphatic heterocycles. The molecule has 2 aromatic carbocycles. The van der Waals surface area contributed by atoms with Crippen molar-refractivity contribution in [3.63, 3.8) is 0 Å². The highest BCUT2D eigenvalue weighted by atomic mass is 35.5. The van der Waals surface area contributed by atoms with Crippen LogP contribution < -0.4 is 10.6 Å². The number of hydrogen-bond acceptors (Lipinski definition) is 2.